The van der Waals surface area contributed by atoms with Gasteiger partial charge in [0.2, 0.25) is 5.95 Å². The normalized spacial score (nSPS) is 10.4. The van der Waals surface area contributed by atoms with E-state index < -0.39 is 5.09 Å². The predicted molar refractivity (Wildman–Crippen MR) is 53.8 cm³/mol. The summed E-state index contributed by atoms with van der Waals surface area (Å²) in [5.41, 5.74) is 11.1. The molecule has 0 saturated heterocycles. The van der Waals surface area contributed by atoms with Crippen molar-refractivity contribution in [2.75, 3.05) is 17.3 Å². The SMILES string of the molecule is Nc1nn(O[N+](=O)[O-])cc1-c1nc(N)n(N)n1. The highest BCUT2D eigenvalue weighted by molar-refractivity contribution is 5.67. The molecule has 12 heteroatoms. The van der Waals surface area contributed by atoms with E-state index in [1.54, 1.807) is 0 Å². The maximum Gasteiger partial charge on any atom is 0.239 e. The van der Waals surface area contributed by atoms with Gasteiger partial charge < -0.3 is 17.3 Å². The molecule has 0 bridgehead atoms. The van der Waals surface area contributed by atoms with E-state index in [0.29, 0.717) is 4.85 Å². The summed E-state index contributed by atoms with van der Waals surface area (Å²) >= 11 is 0. The van der Waals surface area contributed by atoms with Crippen molar-refractivity contribution in [1.82, 2.24) is 24.8 Å². The minimum Gasteiger partial charge on any atom is -0.380 e. The molecule has 0 spiro atoms. The van der Waals surface area contributed by atoms with E-state index in [2.05, 4.69) is 20.1 Å². The van der Waals surface area contributed by atoms with Crippen LogP contribution in [-0.2, 0) is 0 Å². The summed E-state index contributed by atoms with van der Waals surface area (Å²) in [6, 6.07) is 0. The lowest BCUT2D eigenvalue weighted by Crippen LogP contribution is -2.18. The zero-order valence-corrected chi connectivity index (χ0v) is 8.22. The highest BCUT2D eigenvalue weighted by atomic mass is 17.0. The lowest BCUT2D eigenvalue weighted by molar-refractivity contribution is -0.752. The maximum absolute atomic E-state index is 10.1. The molecule has 0 aromatic carbocycles. The van der Waals surface area contributed by atoms with Gasteiger partial charge in [-0.25, -0.2) is 10.1 Å². The number of nitrogens with zero attached hydrogens (tertiary/aromatic N) is 6. The summed E-state index contributed by atoms with van der Waals surface area (Å²) < 4.78 is 0. The van der Waals surface area contributed by atoms with Crippen LogP contribution in [0.2, 0.25) is 0 Å². The average molecular weight is 241 g/mol. The molecule has 0 fully saturated rings. The average Bonchev–Trinajstić information content (AvgIpc) is 2.71. The van der Waals surface area contributed by atoms with E-state index in [1.165, 1.54) is 0 Å². The van der Waals surface area contributed by atoms with Crippen LogP contribution >= 0.6 is 0 Å². The minimum atomic E-state index is -1.04. The smallest absolute Gasteiger partial charge is 0.239 e. The molecule has 0 aliphatic carbocycles. The molecule has 0 aliphatic heterocycles. The first-order chi connectivity index (χ1) is 7.97. The topological polar surface area (TPSA) is 179 Å². The predicted octanol–water partition coefficient (Wildman–Crippen LogP) is -2.36. The number of nitrogen functional groups attached to an aromatic ring is 3. The van der Waals surface area contributed by atoms with Gasteiger partial charge in [0.15, 0.2) is 22.9 Å². The van der Waals surface area contributed by atoms with E-state index in [4.69, 9.17) is 17.3 Å². The number of aromatic nitrogens is 5. The lowest BCUT2D eigenvalue weighted by atomic mass is 10.3. The third-order valence-electron chi connectivity index (χ3n) is 1.77. The molecule has 2 aromatic rings. The van der Waals surface area contributed by atoms with Gasteiger partial charge in [-0.1, -0.05) is 0 Å². The Labute approximate surface area is 92.6 Å². The first kappa shape index (κ1) is 10.5. The molecule has 12 nitrogen and oxygen atoms in total. The van der Waals surface area contributed by atoms with Crippen molar-refractivity contribution in [3.8, 4) is 11.4 Å². The number of hydrogen-bond acceptors (Lipinski definition) is 9. The van der Waals surface area contributed by atoms with Crippen LogP contribution in [0.4, 0.5) is 11.8 Å². The molecular weight excluding hydrogens is 234 g/mol. The summed E-state index contributed by atoms with van der Waals surface area (Å²) in [4.78, 5) is 19.3. The van der Waals surface area contributed by atoms with E-state index in [9.17, 15) is 10.1 Å². The Bertz CT molecular complexity index is 552. The third kappa shape index (κ3) is 1.85. The standard InChI is InChI=1S/C5H7N9O3/c6-3-2(1-12(10-3)17-14(15)16)4-9-5(7)13(8)11-4/h1H,8H2,(H2,6,10)(H2,7,9,11). The van der Waals surface area contributed by atoms with Gasteiger partial charge in [0.25, 0.3) is 0 Å². The molecule has 17 heavy (non-hydrogen) atoms. The van der Waals surface area contributed by atoms with E-state index in [0.717, 1.165) is 11.0 Å². The molecule has 0 aliphatic rings. The van der Waals surface area contributed by atoms with Crippen molar-refractivity contribution < 1.29 is 10.0 Å². The number of nitrogens with two attached hydrogens (primary N) is 3. The van der Waals surface area contributed by atoms with Gasteiger partial charge in [0.1, 0.15) is 5.56 Å². The van der Waals surface area contributed by atoms with Crippen molar-refractivity contribution in [3.05, 3.63) is 16.3 Å². The van der Waals surface area contributed by atoms with Crippen molar-refractivity contribution >= 4 is 11.8 Å². The van der Waals surface area contributed by atoms with Gasteiger partial charge in [0.05, 0.1) is 0 Å². The molecular formula is C5H7N9O3. The van der Waals surface area contributed by atoms with Crippen LogP contribution in [0.1, 0.15) is 0 Å². The summed E-state index contributed by atoms with van der Waals surface area (Å²) in [6.45, 7) is 0. The number of anilines is 2. The van der Waals surface area contributed by atoms with Gasteiger partial charge >= 0.3 is 0 Å². The fourth-order valence-electron chi connectivity index (χ4n) is 1.10. The molecule has 2 aromatic heterocycles. The van der Waals surface area contributed by atoms with Crippen LogP contribution in [0, 0.1) is 10.1 Å². The zero-order valence-electron chi connectivity index (χ0n) is 8.22. The monoisotopic (exact) mass is 241 g/mol. The van der Waals surface area contributed by atoms with Crippen LogP contribution in [0.3, 0.4) is 0 Å². The Morgan fingerprint density at radius 1 is 1.41 bits per heavy atom. The van der Waals surface area contributed by atoms with Gasteiger partial charge in [-0.2, -0.15) is 9.92 Å². The molecule has 0 atom stereocenters. The molecule has 2 rings (SSSR count). The second-order valence-corrected chi connectivity index (χ2v) is 2.87. The Balaban J connectivity index is 2.38. The van der Waals surface area contributed by atoms with Crippen molar-refractivity contribution in [3.63, 3.8) is 0 Å². The fraction of sp³-hybridized carbons (Fsp3) is 0. The van der Waals surface area contributed by atoms with E-state index in [-0.39, 0.29) is 23.2 Å². The Hall–Kier alpha value is -3.05. The van der Waals surface area contributed by atoms with Crippen molar-refractivity contribution in [2.24, 2.45) is 0 Å². The van der Waals surface area contributed by atoms with Crippen LogP contribution in [0.15, 0.2) is 6.20 Å². The first-order valence-electron chi connectivity index (χ1n) is 4.13. The zero-order chi connectivity index (χ0) is 12.6. The highest BCUT2D eigenvalue weighted by Gasteiger charge is 2.18. The highest BCUT2D eigenvalue weighted by Crippen LogP contribution is 2.21. The second kappa shape index (κ2) is 3.51. The Kier molecular flexibility index (Phi) is 2.16. The fourth-order valence-corrected chi connectivity index (χ4v) is 1.10. The maximum atomic E-state index is 10.1. The molecule has 2 heterocycles. The van der Waals surface area contributed by atoms with Crippen LogP contribution in [0.25, 0.3) is 11.4 Å². The Morgan fingerprint density at radius 2 is 2.12 bits per heavy atom. The van der Waals surface area contributed by atoms with E-state index >= 15 is 0 Å². The number of hydrogen-bond donors (Lipinski definition) is 3. The summed E-state index contributed by atoms with van der Waals surface area (Å²) in [5, 5.41) is 16.3. The molecule has 0 unspecified atom stereocenters. The molecule has 90 valence electrons. The van der Waals surface area contributed by atoms with Crippen LogP contribution < -0.4 is 22.2 Å². The van der Waals surface area contributed by atoms with Crippen LogP contribution in [0.5, 0.6) is 0 Å². The minimum absolute atomic E-state index is 0.0395. The molecule has 6 N–H and O–H groups in total. The molecule has 0 saturated carbocycles. The largest absolute Gasteiger partial charge is 0.380 e. The third-order valence-corrected chi connectivity index (χ3v) is 1.77. The molecule has 0 radical (unpaired) electrons. The second-order valence-electron chi connectivity index (χ2n) is 2.87. The van der Waals surface area contributed by atoms with Gasteiger partial charge in [-0.3, -0.25) is 0 Å². The lowest BCUT2D eigenvalue weighted by Gasteiger charge is -1.91. The summed E-state index contributed by atoms with van der Waals surface area (Å²) in [5.74, 6) is 5.31. The summed E-state index contributed by atoms with van der Waals surface area (Å²) in [7, 11) is 0. The molecule has 0 amide bonds. The quantitative estimate of drug-likeness (QED) is 0.301. The van der Waals surface area contributed by atoms with Gasteiger partial charge in [0, 0.05) is 4.85 Å². The number of rotatable bonds is 3. The van der Waals surface area contributed by atoms with Crippen LogP contribution in [-0.4, -0.2) is 29.9 Å². The Morgan fingerprint density at radius 3 is 2.65 bits per heavy atom. The summed E-state index contributed by atoms with van der Waals surface area (Å²) in [6.07, 6.45) is 1.13. The van der Waals surface area contributed by atoms with Gasteiger partial charge in [-0.05, 0) is 5.10 Å². The van der Waals surface area contributed by atoms with E-state index in [1.807, 2.05) is 0 Å². The van der Waals surface area contributed by atoms with Crippen molar-refractivity contribution in [2.45, 2.75) is 0 Å². The first-order valence-corrected chi connectivity index (χ1v) is 4.13. The van der Waals surface area contributed by atoms with Gasteiger partial charge in [-0.15, -0.1) is 9.89 Å². The van der Waals surface area contributed by atoms with Crippen molar-refractivity contribution in [1.29, 1.82) is 0 Å².